The number of hydrogen-bond donors (Lipinski definition) is 2. The molecule has 1 aromatic heterocycles. The Morgan fingerprint density at radius 2 is 1.77 bits per heavy atom. The van der Waals surface area contributed by atoms with Gasteiger partial charge in [0.15, 0.2) is 0 Å². The van der Waals surface area contributed by atoms with Crippen molar-refractivity contribution in [1.29, 1.82) is 0 Å². The van der Waals surface area contributed by atoms with Crippen molar-refractivity contribution in [2.45, 2.75) is 19.4 Å². The number of ether oxygens (including phenoxy) is 1. The number of nitrogens with zero attached hydrogens (tertiary/aromatic N) is 3. The van der Waals surface area contributed by atoms with Gasteiger partial charge in [0.1, 0.15) is 5.82 Å². The highest BCUT2D eigenvalue weighted by molar-refractivity contribution is 5.89. The number of benzene rings is 1. The molecule has 2 aromatic rings. The molecule has 1 aromatic carbocycles. The number of anilines is 2. The van der Waals surface area contributed by atoms with E-state index in [4.69, 9.17) is 4.74 Å². The molecule has 0 unspecified atom stereocenters. The van der Waals surface area contributed by atoms with Crippen molar-refractivity contribution in [3.05, 3.63) is 54.2 Å². The van der Waals surface area contributed by atoms with Crippen molar-refractivity contribution in [2.24, 2.45) is 5.92 Å². The van der Waals surface area contributed by atoms with Crippen LogP contribution in [0.25, 0.3) is 0 Å². The topological polar surface area (TPSA) is 86.8 Å². The summed E-state index contributed by atoms with van der Waals surface area (Å²) in [6.45, 7) is 4.72. The van der Waals surface area contributed by atoms with Gasteiger partial charge in [0.2, 0.25) is 5.91 Å². The van der Waals surface area contributed by atoms with E-state index in [0.29, 0.717) is 45.7 Å². The van der Waals surface area contributed by atoms with Crippen LogP contribution in [0.2, 0.25) is 0 Å². The summed E-state index contributed by atoms with van der Waals surface area (Å²) >= 11 is 0. The lowest BCUT2D eigenvalue weighted by Gasteiger charge is -2.31. The zero-order chi connectivity index (χ0) is 21.5. The van der Waals surface area contributed by atoms with Crippen LogP contribution in [0.15, 0.2) is 48.7 Å². The van der Waals surface area contributed by atoms with Gasteiger partial charge in [-0.2, -0.15) is 0 Å². The number of aromatic nitrogens is 1. The molecule has 2 aliphatic rings. The number of nitrogens with one attached hydrogen (secondary N) is 2. The van der Waals surface area contributed by atoms with Gasteiger partial charge in [-0.25, -0.2) is 9.78 Å². The van der Waals surface area contributed by atoms with E-state index in [1.165, 1.54) is 0 Å². The molecule has 164 valence electrons. The number of hydrogen-bond acceptors (Lipinski definition) is 5. The van der Waals surface area contributed by atoms with Crippen LogP contribution in [0.1, 0.15) is 18.4 Å². The van der Waals surface area contributed by atoms with Crippen molar-refractivity contribution in [1.82, 2.24) is 15.2 Å². The number of carbonyl (C=O) groups is 2. The Kier molecular flexibility index (Phi) is 6.99. The predicted octanol–water partition coefficient (Wildman–Crippen LogP) is 2.48. The molecule has 0 saturated carbocycles. The van der Waals surface area contributed by atoms with Crippen LogP contribution in [0.5, 0.6) is 0 Å². The Morgan fingerprint density at radius 1 is 1.03 bits per heavy atom. The quantitative estimate of drug-likeness (QED) is 0.772. The van der Waals surface area contributed by atoms with Crippen LogP contribution in [0.3, 0.4) is 0 Å². The van der Waals surface area contributed by atoms with Gasteiger partial charge in [-0.05, 0) is 42.7 Å². The number of rotatable bonds is 5. The maximum absolute atomic E-state index is 12.7. The Bertz CT molecular complexity index is 878. The Morgan fingerprint density at radius 3 is 2.52 bits per heavy atom. The van der Waals surface area contributed by atoms with E-state index in [2.05, 4.69) is 20.5 Å². The van der Waals surface area contributed by atoms with Crippen LogP contribution in [-0.4, -0.2) is 61.2 Å². The number of morpholine rings is 1. The zero-order valence-corrected chi connectivity index (χ0v) is 17.6. The number of urea groups is 1. The molecule has 0 bridgehead atoms. The normalized spacial score (nSPS) is 17.3. The molecule has 0 atom stereocenters. The van der Waals surface area contributed by atoms with Gasteiger partial charge in [0.05, 0.1) is 13.2 Å². The average Bonchev–Trinajstić information content (AvgIpc) is 2.84. The fraction of sp³-hybridized carbons (Fsp3) is 0.435. The van der Waals surface area contributed by atoms with Gasteiger partial charge in [-0.3, -0.25) is 4.79 Å². The van der Waals surface area contributed by atoms with Gasteiger partial charge in [0, 0.05) is 50.5 Å². The second kappa shape index (κ2) is 10.3. The number of amides is 3. The van der Waals surface area contributed by atoms with E-state index in [1.54, 1.807) is 11.1 Å². The molecule has 3 heterocycles. The minimum atomic E-state index is -0.113. The first-order valence-electron chi connectivity index (χ1n) is 10.9. The van der Waals surface area contributed by atoms with Crippen LogP contribution in [-0.2, 0) is 16.1 Å². The molecule has 8 nitrogen and oxygen atoms in total. The van der Waals surface area contributed by atoms with Crippen LogP contribution in [0.4, 0.5) is 16.3 Å². The van der Waals surface area contributed by atoms with Gasteiger partial charge in [-0.1, -0.05) is 18.2 Å². The molecule has 8 heteroatoms. The number of carbonyl (C=O) groups excluding carboxylic acids is 2. The van der Waals surface area contributed by atoms with E-state index in [-0.39, 0.29) is 17.9 Å². The first-order chi connectivity index (χ1) is 15.2. The number of para-hydroxylation sites is 1. The molecule has 2 fully saturated rings. The van der Waals surface area contributed by atoms with Crippen molar-refractivity contribution in [2.75, 3.05) is 49.6 Å². The molecule has 31 heavy (non-hydrogen) atoms. The molecular weight excluding hydrogens is 394 g/mol. The van der Waals surface area contributed by atoms with Crippen molar-refractivity contribution in [3.8, 4) is 0 Å². The highest BCUT2D eigenvalue weighted by atomic mass is 16.5. The molecule has 3 amide bonds. The molecule has 2 saturated heterocycles. The second-order valence-electron chi connectivity index (χ2n) is 7.90. The van der Waals surface area contributed by atoms with E-state index in [0.717, 1.165) is 30.2 Å². The average molecular weight is 424 g/mol. The smallest absolute Gasteiger partial charge is 0.321 e. The Hall–Kier alpha value is -3.13. The Labute approximate surface area is 182 Å². The summed E-state index contributed by atoms with van der Waals surface area (Å²) in [7, 11) is 0. The highest BCUT2D eigenvalue weighted by Gasteiger charge is 2.27. The summed E-state index contributed by atoms with van der Waals surface area (Å²) in [5, 5.41) is 5.96. The summed E-state index contributed by atoms with van der Waals surface area (Å²) < 4.78 is 5.39. The van der Waals surface area contributed by atoms with Gasteiger partial charge in [-0.15, -0.1) is 0 Å². The van der Waals surface area contributed by atoms with Gasteiger partial charge in [0.25, 0.3) is 0 Å². The summed E-state index contributed by atoms with van der Waals surface area (Å²) in [5.74, 6) is 0.905. The minimum Gasteiger partial charge on any atom is -0.378 e. The van der Waals surface area contributed by atoms with Gasteiger partial charge >= 0.3 is 6.03 Å². The first kappa shape index (κ1) is 21.1. The second-order valence-corrected chi connectivity index (χ2v) is 7.90. The van der Waals surface area contributed by atoms with Crippen molar-refractivity contribution < 1.29 is 14.3 Å². The fourth-order valence-corrected chi connectivity index (χ4v) is 3.94. The van der Waals surface area contributed by atoms with Crippen LogP contribution in [0, 0.1) is 5.92 Å². The van der Waals surface area contributed by atoms with Crippen molar-refractivity contribution >= 4 is 23.4 Å². The summed E-state index contributed by atoms with van der Waals surface area (Å²) in [6, 6.07) is 13.3. The molecule has 0 spiro atoms. The van der Waals surface area contributed by atoms with Crippen LogP contribution >= 0.6 is 0 Å². The van der Waals surface area contributed by atoms with E-state index >= 15 is 0 Å². The van der Waals surface area contributed by atoms with Crippen LogP contribution < -0.4 is 15.5 Å². The predicted molar refractivity (Wildman–Crippen MR) is 119 cm³/mol. The zero-order valence-electron chi connectivity index (χ0n) is 17.6. The SMILES string of the molecule is O=C(NCc1ccnc(N2CCOCC2)c1)C1CCN(C(=O)Nc2ccccc2)CC1. The summed E-state index contributed by atoms with van der Waals surface area (Å²) in [6.07, 6.45) is 3.13. The molecule has 2 N–H and O–H groups in total. The lowest BCUT2D eigenvalue weighted by Crippen LogP contribution is -2.44. The summed E-state index contributed by atoms with van der Waals surface area (Å²) in [4.78, 5) is 33.5. The number of piperidine rings is 1. The largest absolute Gasteiger partial charge is 0.378 e. The van der Waals surface area contributed by atoms with E-state index in [9.17, 15) is 9.59 Å². The van der Waals surface area contributed by atoms with E-state index < -0.39 is 0 Å². The third-order valence-corrected chi connectivity index (χ3v) is 5.79. The number of pyridine rings is 1. The lowest BCUT2D eigenvalue weighted by molar-refractivity contribution is -0.126. The molecule has 0 radical (unpaired) electrons. The molecule has 0 aliphatic carbocycles. The molecule has 2 aliphatic heterocycles. The minimum absolute atomic E-state index is 0.0489. The maximum atomic E-state index is 12.7. The fourth-order valence-electron chi connectivity index (χ4n) is 3.94. The number of likely N-dealkylation sites (tertiary alicyclic amines) is 1. The van der Waals surface area contributed by atoms with Crippen molar-refractivity contribution in [3.63, 3.8) is 0 Å². The van der Waals surface area contributed by atoms with Gasteiger partial charge < -0.3 is 25.2 Å². The molecular formula is C23H29N5O3. The Balaban J connectivity index is 1.23. The first-order valence-corrected chi connectivity index (χ1v) is 10.9. The monoisotopic (exact) mass is 423 g/mol. The third kappa shape index (κ3) is 5.73. The maximum Gasteiger partial charge on any atom is 0.321 e. The third-order valence-electron chi connectivity index (χ3n) is 5.79. The van der Waals surface area contributed by atoms with E-state index in [1.807, 2.05) is 42.5 Å². The highest BCUT2D eigenvalue weighted by Crippen LogP contribution is 2.19. The summed E-state index contributed by atoms with van der Waals surface area (Å²) in [5.41, 5.74) is 1.81. The molecule has 4 rings (SSSR count). The lowest BCUT2D eigenvalue weighted by atomic mass is 9.96. The standard InChI is InChI=1S/C23H29N5O3/c29-22(25-17-18-6-9-24-21(16-18)27-12-14-31-15-13-27)19-7-10-28(11-8-19)23(30)26-20-4-2-1-3-5-20/h1-6,9,16,19H,7-8,10-15,17H2,(H,25,29)(H,26,30).